The van der Waals surface area contributed by atoms with Gasteiger partial charge in [0.1, 0.15) is 12.1 Å². The Kier molecular flexibility index (Phi) is 9.11. The molecule has 27 heavy (non-hydrogen) atoms. The fourth-order valence-electron chi connectivity index (χ4n) is 2.81. The van der Waals surface area contributed by atoms with Crippen molar-refractivity contribution in [2.24, 2.45) is 11.7 Å². The summed E-state index contributed by atoms with van der Waals surface area (Å²) in [5, 5.41) is 6.98. The third-order valence-corrected chi connectivity index (χ3v) is 4.27. The Bertz CT molecular complexity index is 714. The van der Waals surface area contributed by atoms with Crippen molar-refractivity contribution in [3.8, 4) is 11.4 Å². The number of aromatic nitrogens is 3. The van der Waals surface area contributed by atoms with Crippen LogP contribution < -0.4 is 11.1 Å². The molecular formula is C17H25Cl2N5O3. The van der Waals surface area contributed by atoms with Crippen molar-refractivity contribution in [3.05, 3.63) is 30.4 Å². The van der Waals surface area contributed by atoms with Crippen molar-refractivity contribution in [1.82, 2.24) is 20.4 Å². The van der Waals surface area contributed by atoms with Gasteiger partial charge in [0.25, 0.3) is 0 Å². The van der Waals surface area contributed by atoms with E-state index in [1.54, 1.807) is 24.5 Å². The van der Waals surface area contributed by atoms with E-state index in [-0.39, 0.29) is 48.8 Å². The Balaban J connectivity index is 0.00000182. The monoisotopic (exact) mass is 417 g/mol. The van der Waals surface area contributed by atoms with Gasteiger partial charge in [-0.05, 0) is 30.9 Å². The number of rotatable bonds is 6. The number of nitrogens with two attached hydrogens (primary N) is 1. The number of nitrogens with zero attached hydrogens (tertiary/aromatic N) is 3. The second kappa shape index (κ2) is 10.6. The van der Waals surface area contributed by atoms with Crippen LogP contribution in [0.25, 0.3) is 11.4 Å². The van der Waals surface area contributed by atoms with Crippen LogP contribution in [0.3, 0.4) is 0 Å². The molecule has 1 saturated heterocycles. The molecule has 3 N–H and O–H groups in total. The Morgan fingerprint density at radius 3 is 2.59 bits per heavy atom. The minimum atomic E-state index is -0.475. The number of pyridine rings is 1. The lowest BCUT2D eigenvalue weighted by Crippen LogP contribution is -2.39. The van der Waals surface area contributed by atoms with Crippen LogP contribution in [-0.2, 0) is 9.53 Å². The van der Waals surface area contributed by atoms with Crippen LogP contribution >= 0.6 is 24.8 Å². The maximum Gasteiger partial charge on any atom is 0.249 e. The highest BCUT2D eigenvalue weighted by Crippen LogP contribution is 2.25. The molecule has 1 fully saturated rings. The van der Waals surface area contributed by atoms with Crippen LogP contribution in [0, 0.1) is 5.92 Å². The summed E-state index contributed by atoms with van der Waals surface area (Å²) >= 11 is 0. The number of amides is 1. The van der Waals surface area contributed by atoms with Crippen LogP contribution in [0.2, 0.25) is 0 Å². The Morgan fingerprint density at radius 2 is 2.00 bits per heavy atom. The topological polar surface area (TPSA) is 116 Å². The van der Waals surface area contributed by atoms with Crippen molar-refractivity contribution >= 4 is 30.7 Å². The highest BCUT2D eigenvalue weighted by molar-refractivity contribution is 5.85. The van der Waals surface area contributed by atoms with E-state index in [1.165, 1.54) is 0 Å². The summed E-state index contributed by atoms with van der Waals surface area (Å²) in [6, 6.07) is 3.23. The zero-order valence-corrected chi connectivity index (χ0v) is 16.8. The van der Waals surface area contributed by atoms with E-state index >= 15 is 0 Å². The van der Waals surface area contributed by atoms with Crippen molar-refractivity contribution in [3.63, 3.8) is 0 Å². The van der Waals surface area contributed by atoms with Gasteiger partial charge in [-0.3, -0.25) is 9.78 Å². The molecule has 150 valence electrons. The lowest BCUT2D eigenvalue weighted by atomic mass is 10.0. The standard InChI is InChI=1S/C17H23N5O3.2ClH/c1-10(2)14(20-16(23)13-4-3-12(9-18)24-13)17-21-15(22-25-17)11-5-7-19-8-6-11;;/h5-8,10,12-14H,3-4,9,18H2,1-2H3,(H,20,23);2*1H/t12-,13+,14?;;/m1../s1. The predicted octanol–water partition coefficient (Wildman–Crippen LogP) is 2.29. The SMILES string of the molecule is CC(C)C(NC(=O)[C@@H]1CC[C@H](CN)O1)c1nc(-c2ccncc2)no1.Cl.Cl. The van der Waals surface area contributed by atoms with E-state index in [0.717, 1.165) is 12.0 Å². The molecular weight excluding hydrogens is 393 g/mol. The van der Waals surface area contributed by atoms with E-state index in [1.807, 2.05) is 13.8 Å². The molecule has 1 amide bonds. The molecule has 0 radical (unpaired) electrons. The minimum absolute atomic E-state index is 0. The van der Waals surface area contributed by atoms with Crippen molar-refractivity contribution in [2.75, 3.05) is 6.54 Å². The zero-order valence-electron chi connectivity index (χ0n) is 15.2. The summed E-state index contributed by atoms with van der Waals surface area (Å²) in [6.07, 6.45) is 4.28. The lowest BCUT2D eigenvalue weighted by molar-refractivity contribution is -0.133. The fourth-order valence-corrected chi connectivity index (χ4v) is 2.81. The van der Waals surface area contributed by atoms with Crippen LogP contribution in [0.5, 0.6) is 0 Å². The number of hydrogen-bond acceptors (Lipinski definition) is 7. The predicted molar refractivity (Wildman–Crippen MR) is 105 cm³/mol. The average Bonchev–Trinajstić information content (AvgIpc) is 3.29. The summed E-state index contributed by atoms with van der Waals surface area (Å²) in [5.74, 6) is 0.765. The van der Waals surface area contributed by atoms with Gasteiger partial charge in [0.2, 0.25) is 17.6 Å². The second-order valence-corrected chi connectivity index (χ2v) is 6.48. The molecule has 2 aromatic heterocycles. The van der Waals surface area contributed by atoms with Gasteiger partial charge in [-0.2, -0.15) is 4.98 Å². The van der Waals surface area contributed by atoms with Gasteiger partial charge in [-0.15, -0.1) is 24.8 Å². The van der Waals surface area contributed by atoms with Gasteiger partial charge in [0, 0.05) is 24.5 Å². The Morgan fingerprint density at radius 1 is 1.30 bits per heavy atom. The van der Waals surface area contributed by atoms with E-state index in [4.69, 9.17) is 15.0 Å². The van der Waals surface area contributed by atoms with Crippen molar-refractivity contribution < 1.29 is 14.1 Å². The molecule has 1 unspecified atom stereocenters. The first kappa shape index (κ1) is 23.3. The van der Waals surface area contributed by atoms with Gasteiger partial charge >= 0.3 is 0 Å². The first-order valence-electron chi connectivity index (χ1n) is 8.48. The minimum Gasteiger partial charge on any atom is -0.364 e. The van der Waals surface area contributed by atoms with Gasteiger partial charge in [-0.1, -0.05) is 19.0 Å². The Labute approximate surface area is 170 Å². The molecule has 0 spiro atoms. The first-order valence-corrected chi connectivity index (χ1v) is 8.48. The highest BCUT2D eigenvalue weighted by atomic mass is 35.5. The van der Waals surface area contributed by atoms with Gasteiger partial charge in [0.15, 0.2) is 0 Å². The molecule has 3 atom stereocenters. The van der Waals surface area contributed by atoms with Crippen LogP contribution in [0.1, 0.15) is 38.6 Å². The van der Waals surface area contributed by atoms with E-state index in [0.29, 0.717) is 24.7 Å². The van der Waals surface area contributed by atoms with Crippen molar-refractivity contribution in [1.29, 1.82) is 0 Å². The third kappa shape index (κ3) is 5.62. The van der Waals surface area contributed by atoms with Gasteiger partial charge in [-0.25, -0.2) is 0 Å². The largest absolute Gasteiger partial charge is 0.364 e. The number of carbonyl (C=O) groups excluding carboxylic acids is 1. The summed E-state index contributed by atoms with van der Waals surface area (Å²) in [4.78, 5) is 20.9. The molecule has 8 nitrogen and oxygen atoms in total. The maximum absolute atomic E-state index is 12.5. The molecule has 2 aromatic rings. The number of hydrogen-bond donors (Lipinski definition) is 2. The maximum atomic E-state index is 12.5. The number of ether oxygens (including phenoxy) is 1. The molecule has 0 aliphatic carbocycles. The molecule has 0 aromatic carbocycles. The average molecular weight is 418 g/mol. The van der Waals surface area contributed by atoms with Crippen molar-refractivity contribution in [2.45, 2.75) is 44.9 Å². The van der Waals surface area contributed by atoms with E-state index in [9.17, 15) is 4.79 Å². The normalized spacial score (nSPS) is 19.9. The smallest absolute Gasteiger partial charge is 0.249 e. The fraction of sp³-hybridized carbons (Fsp3) is 0.529. The summed E-state index contributed by atoms with van der Waals surface area (Å²) in [7, 11) is 0. The summed E-state index contributed by atoms with van der Waals surface area (Å²) in [5.41, 5.74) is 6.41. The molecule has 3 heterocycles. The van der Waals surface area contributed by atoms with Crippen LogP contribution in [0.4, 0.5) is 0 Å². The Hall–Kier alpha value is -1.74. The van der Waals surface area contributed by atoms with Crippen LogP contribution in [0.15, 0.2) is 29.0 Å². The van der Waals surface area contributed by atoms with Gasteiger partial charge in [0.05, 0.1) is 6.10 Å². The molecule has 10 heteroatoms. The summed E-state index contributed by atoms with van der Waals surface area (Å²) < 4.78 is 11.0. The second-order valence-electron chi connectivity index (χ2n) is 6.48. The molecule has 1 aliphatic rings. The third-order valence-electron chi connectivity index (χ3n) is 4.27. The molecule has 1 aliphatic heterocycles. The number of carbonyl (C=O) groups is 1. The quantitative estimate of drug-likeness (QED) is 0.739. The van der Waals surface area contributed by atoms with Crippen LogP contribution in [-0.4, -0.2) is 39.8 Å². The molecule has 3 rings (SSSR count). The number of nitrogens with one attached hydrogen (secondary N) is 1. The highest BCUT2D eigenvalue weighted by Gasteiger charge is 2.33. The van der Waals surface area contributed by atoms with E-state index < -0.39 is 6.10 Å². The summed E-state index contributed by atoms with van der Waals surface area (Å²) in [6.45, 7) is 4.40. The first-order chi connectivity index (χ1) is 12.1. The lowest BCUT2D eigenvalue weighted by Gasteiger charge is -2.21. The van der Waals surface area contributed by atoms with Gasteiger partial charge < -0.3 is 20.3 Å². The van der Waals surface area contributed by atoms with E-state index in [2.05, 4.69) is 20.4 Å². The number of halogens is 2. The zero-order chi connectivity index (χ0) is 17.8. The molecule has 0 bridgehead atoms. The molecule has 0 saturated carbocycles.